The molecular formula is C92H163Cl2N9O14Si. The average Bonchev–Trinajstić information content (AvgIpc) is 1.64. The number of rotatable bonds is 17. The van der Waals surface area contributed by atoms with Crippen LogP contribution >= 0.6 is 22.7 Å². The van der Waals surface area contributed by atoms with Crippen molar-refractivity contribution in [2.45, 2.75) is 341 Å². The van der Waals surface area contributed by atoms with Gasteiger partial charge in [-0.1, -0.05) is 207 Å². The topological polar surface area (TPSA) is 297 Å². The number of nitrogens with two attached hydrogens (primary N) is 1. The van der Waals surface area contributed by atoms with E-state index in [0.717, 1.165) is 66.7 Å². The highest BCUT2D eigenvalue weighted by molar-refractivity contribution is 7.15. The Morgan fingerprint density at radius 3 is 1.25 bits per heavy atom. The number of hydrogen-bond donors (Lipinski definition) is 6. The van der Waals surface area contributed by atoms with E-state index in [4.69, 9.17) is 56.6 Å². The Balaban J connectivity index is -0.000000428. The molecule has 23 nitrogen and oxygen atoms in total. The molecule has 1 aliphatic rings. The third-order valence-electron chi connectivity index (χ3n) is 16.2. The number of hydrogen-bond acceptors (Lipinski definition) is 17. The highest BCUT2D eigenvalue weighted by Gasteiger charge is 2.51. The second kappa shape index (κ2) is 52.7. The van der Waals surface area contributed by atoms with E-state index >= 15 is 0 Å². The smallest absolute Gasteiger partial charge is 0.428 e. The van der Waals surface area contributed by atoms with Crippen LogP contribution in [0.3, 0.4) is 0 Å². The molecule has 118 heavy (non-hydrogen) atoms. The van der Waals surface area contributed by atoms with E-state index < -0.39 is 59.3 Å². The van der Waals surface area contributed by atoms with E-state index in [1.165, 1.54) is 10.6 Å². The van der Waals surface area contributed by atoms with Gasteiger partial charge in [-0.15, -0.1) is 24.2 Å². The van der Waals surface area contributed by atoms with E-state index in [0.29, 0.717) is 42.1 Å². The third kappa shape index (κ3) is 59.3. The molecule has 678 valence electrons. The molecule has 0 aromatic heterocycles. The van der Waals surface area contributed by atoms with Gasteiger partial charge in [0, 0.05) is 49.4 Å². The first kappa shape index (κ1) is 117. The van der Waals surface area contributed by atoms with Crippen molar-refractivity contribution in [2.75, 3.05) is 20.1 Å². The lowest BCUT2D eigenvalue weighted by Gasteiger charge is -2.40. The van der Waals surface area contributed by atoms with Crippen LogP contribution in [0, 0.1) is 66.6 Å². The quantitative estimate of drug-likeness (QED) is 0.00699. The minimum atomic E-state index is -2.31. The van der Waals surface area contributed by atoms with E-state index in [1.807, 2.05) is 171 Å². The number of hydrazone groups is 1. The van der Waals surface area contributed by atoms with Crippen molar-refractivity contribution in [1.82, 2.24) is 36.5 Å². The maximum atomic E-state index is 13.4. The van der Waals surface area contributed by atoms with Crippen LogP contribution in [0.2, 0.25) is 6.04 Å². The number of carbonyl (C=O) groups excluding carboxylic acids is 8. The van der Waals surface area contributed by atoms with Gasteiger partial charge in [0.15, 0.2) is 0 Å². The number of amides is 6. The molecule has 3 aromatic carbocycles. The predicted molar refractivity (Wildman–Crippen MR) is 492 cm³/mol. The zero-order chi connectivity index (χ0) is 93.4. The number of allylic oxidation sites excluding steroid dienone is 2. The molecule has 0 bridgehead atoms. The van der Waals surface area contributed by atoms with Gasteiger partial charge in [-0.2, -0.15) is 5.10 Å². The fourth-order valence-corrected chi connectivity index (χ4v) is 14.1. The second-order valence-electron chi connectivity index (χ2n) is 40.0. The molecule has 1 saturated heterocycles. The van der Waals surface area contributed by atoms with Crippen molar-refractivity contribution in [3.63, 3.8) is 0 Å². The summed E-state index contributed by atoms with van der Waals surface area (Å²) in [6.45, 7) is 81.3. The maximum Gasteiger partial charge on any atom is 0.428 e. The molecule has 0 saturated carbocycles. The molecule has 26 heteroatoms. The first-order valence-electron chi connectivity index (χ1n) is 40.8. The lowest BCUT2D eigenvalue weighted by molar-refractivity contribution is -0.114. The van der Waals surface area contributed by atoms with Crippen LogP contribution in [-0.4, -0.2) is 132 Å². The Morgan fingerprint density at radius 2 is 0.932 bits per heavy atom. The fourth-order valence-electron chi connectivity index (χ4n) is 10.5. The predicted octanol–water partition coefficient (Wildman–Crippen LogP) is 23.7. The van der Waals surface area contributed by atoms with Gasteiger partial charge in [0.2, 0.25) is 0 Å². The van der Waals surface area contributed by atoms with Crippen molar-refractivity contribution in [3.05, 3.63) is 131 Å². The lowest BCUT2D eigenvalue weighted by Crippen LogP contribution is -2.57. The summed E-state index contributed by atoms with van der Waals surface area (Å²) >= 11 is 11.9. The van der Waals surface area contributed by atoms with Crippen molar-refractivity contribution >= 4 is 84.6 Å². The molecule has 6 amide bonds. The van der Waals surface area contributed by atoms with Gasteiger partial charge in [0.25, 0.3) is 11.1 Å². The number of nitrogens with zero attached hydrogens (tertiary/aromatic N) is 3. The summed E-state index contributed by atoms with van der Waals surface area (Å²) < 4.78 is 33.9. The van der Waals surface area contributed by atoms with Gasteiger partial charge in [-0.05, 0) is 240 Å². The number of carbonyl (C=O) groups is 8. The van der Waals surface area contributed by atoms with Crippen LogP contribution in [-0.2, 0) is 32.9 Å². The van der Waals surface area contributed by atoms with E-state index in [2.05, 4.69) is 147 Å². The zero-order valence-electron chi connectivity index (χ0n) is 80.0. The molecule has 4 rings (SSSR count). The van der Waals surface area contributed by atoms with Crippen LogP contribution in [0.25, 0.3) is 0 Å². The molecule has 1 fully saturated rings. The summed E-state index contributed by atoms with van der Waals surface area (Å²) in [7, 11) is -0.259. The Labute approximate surface area is 726 Å². The Hall–Kier alpha value is -7.35. The number of hydrazine groups is 2. The summed E-state index contributed by atoms with van der Waals surface area (Å²) in [5.74, 6) is 5.39. The standard InChI is InChI=1S/C22H36N2O3.C14H29NO2.C14H27NO2.C13H18ClNOSi.C10H20N2O2.C9H9ClO.C5H12N2O2.C5H10O.H2/c1-10-11-18(21(4,5)6)24(23-20(26)27-22(7,8)9)19(25)17-13-15(2)12-16(3)14-17;2*1-8-9-11(13(2,3)4)10-15-12(16)17-14(5,6)7;1-4-10-17(14)15(3)11(2)13(16-17)12-8-6-5-7-9-12;1-9(2,3)7-11-12-8(13)14-10(4,5)6;1-6-3-7(2)5-8(4-6)9(10)11;1-5(2,3)9-4(8)7-6;1-5(2,3)4-6;/h12-14,18H,10-11H2,1-9H3,(H,23,26);11H,8-10H2,1-7H3,(H,15,16);8,11H,1,9-10H2,2-7H3,(H,15,16);4-9,11,13H,1,10H2,2-3H3;7H,1-6H3,(H,12,13);3-5H,1-2H3;6H2,1-3H3,(H,7,8);4H,1-3H3;1H/b;;;;11-7+;;;;/t18-;2*11-;11?,13-,17?;;;;;/m0110...../s1. The van der Waals surface area contributed by atoms with Crippen LogP contribution < -0.4 is 32.8 Å². The molecule has 1 heterocycles. The number of nitrogens with one attached hydrogen (secondary N) is 5. The number of likely N-dealkylation sites (N-methyl/N-ethyl adjacent to an activating group) is 1. The molecule has 6 atom stereocenters. The summed E-state index contributed by atoms with van der Waals surface area (Å²) in [5.41, 5.74) is 10.9. The van der Waals surface area contributed by atoms with Gasteiger partial charge in [-0.25, -0.2) is 45.7 Å². The van der Waals surface area contributed by atoms with Crippen molar-refractivity contribution in [2.24, 2.45) is 49.9 Å². The largest absolute Gasteiger partial charge is 0.444 e. The third-order valence-corrected chi connectivity index (χ3v) is 20.8. The van der Waals surface area contributed by atoms with E-state index in [1.54, 1.807) is 80.7 Å². The van der Waals surface area contributed by atoms with Crippen LogP contribution in [0.4, 0.5) is 24.0 Å². The molecule has 0 aliphatic carbocycles. The van der Waals surface area contributed by atoms with Gasteiger partial charge in [0.1, 0.15) is 34.3 Å². The fraction of sp³-hybridized carbons (Fsp3) is 0.663. The first-order valence-corrected chi connectivity index (χ1v) is 44.3. The molecule has 2 unspecified atom stereocenters. The van der Waals surface area contributed by atoms with Crippen molar-refractivity contribution in [3.8, 4) is 0 Å². The molecule has 0 spiro atoms. The van der Waals surface area contributed by atoms with Gasteiger partial charge >= 0.3 is 38.3 Å². The highest BCUT2D eigenvalue weighted by atomic mass is 35.6. The summed E-state index contributed by atoms with van der Waals surface area (Å²) in [6.07, 6.45) is 8.82. The normalized spacial score (nSPS) is 15.8. The van der Waals surface area contributed by atoms with E-state index in [9.17, 15) is 38.4 Å². The number of benzene rings is 3. The van der Waals surface area contributed by atoms with Crippen molar-refractivity contribution in [1.29, 1.82) is 0 Å². The Bertz CT molecular complexity index is 3510. The maximum absolute atomic E-state index is 13.4. The first-order chi connectivity index (χ1) is 53.2. The Morgan fingerprint density at radius 1 is 0.559 bits per heavy atom. The molecule has 1 aliphatic heterocycles. The molecule has 0 radical (unpaired) electrons. The molecule has 3 aromatic rings. The average molecular weight is 1720 g/mol. The highest BCUT2D eigenvalue weighted by Crippen LogP contribution is 2.41. The van der Waals surface area contributed by atoms with Crippen LogP contribution in [0.5, 0.6) is 0 Å². The van der Waals surface area contributed by atoms with Gasteiger partial charge in [0.05, 0.1) is 12.1 Å². The number of aldehydes is 1. The summed E-state index contributed by atoms with van der Waals surface area (Å²) in [5, 5.41) is 10.5. The molecular weight excluding hydrogens is 1550 g/mol. The van der Waals surface area contributed by atoms with Crippen LogP contribution in [0.15, 0.2) is 97.1 Å². The number of halogens is 2. The zero-order valence-corrected chi connectivity index (χ0v) is 82.5. The Kier molecular flexibility index (Phi) is 52.3. The lowest BCUT2D eigenvalue weighted by atomic mass is 9.78. The monoisotopic (exact) mass is 1720 g/mol. The van der Waals surface area contributed by atoms with E-state index in [-0.39, 0.29) is 58.7 Å². The van der Waals surface area contributed by atoms with Crippen LogP contribution in [0.1, 0.15) is 317 Å². The van der Waals surface area contributed by atoms with Gasteiger partial charge < -0.3 is 43.5 Å². The number of aryl methyl sites for hydroxylation is 4. The minimum absolute atomic E-state index is 0. The van der Waals surface area contributed by atoms with Crippen molar-refractivity contribution < 1.29 is 67.9 Å². The summed E-state index contributed by atoms with van der Waals surface area (Å²) in [4.78, 5) is 90.9. The number of alkyl carbamates (subject to hydrolysis) is 2. The minimum Gasteiger partial charge on any atom is -0.444 e. The second-order valence-corrected chi connectivity index (χ2v) is 44.9. The summed E-state index contributed by atoms with van der Waals surface area (Å²) in [6, 6.07) is 22.5. The SMILES string of the molecule is C=CC[C@H](CNC(=O)OC(C)(C)C)C(C)(C)C.C=CC[Si]1(Cl)O[C@H](c2ccccc2)C(C)N1C.CC(C)(C)/C=N/NC(=O)OC(C)(C)C.CC(C)(C)C=O.CC(C)(C)OC(=O)NN.CCC[C@H](CNC(=O)OC(C)(C)C)C(C)(C)C.CCC[C@H](N(NC(=O)OC(C)(C)C)C(=O)c1cc(C)cc(C)c1)C(C)(C)C.Cc1cc(C)cc(C(=O)Cl)c1.[HH]. The van der Waals surface area contributed by atoms with Gasteiger partial charge in [-0.3, -0.25) is 19.6 Å². The number of ether oxygens (including phenoxy) is 5. The molecule has 7 N–H and O–H groups in total.